The summed E-state index contributed by atoms with van der Waals surface area (Å²) in [5.41, 5.74) is 5.06. The molecule has 1 aromatic carbocycles. The van der Waals surface area contributed by atoms with Gasteiger partial charge in [-0.15, -0.1) is 0 Å². The minimum atomic E-state index is -1.06. The molecule has 2 N–H and O–H groups in total. The molecule has 0 aromatic heterocycles. The van der Waals surface area contributed by atoms with E-state index in [0.29, 0.717) is 5.56 Å². The molecule has 0 aliphatic heterocycles. The van der Waals surface area contributed by atoms with Crippen LogP contribution in [0.1, 0.15) is 81.2 Å². The van der Waals surface area contributed by atoms with Crippen molar-refractivity contribution in [2.24, 2.45) is 22.5 Å². The third-order valence-electron chi connectivity index (χ3n) is 5.82. The Morgan fingerprint density at radius 3 is 1.85 bits per heavy atom. The van der Waals surface area contributed by atoms with Gasteiger partial charge in [0.15, 0.2) is 11.5 Å². The predicted octanol–water partition coefficient (Wildman–Crippen LogP) is 4.98. The van der Waals surface area contributed by atoms with E-state index in [1.54, 1.807) is 61.5 Å². The van der Waals surface area contributed by atoms with Crippen molar-refractivity contribution in [2.75, 3.05) is 6.61 Å². The van der Waals surface area contributed by atoms with Crippen molar-refractivity contribution in [3.8, 4) is 11.5 Å². The molecule has 0 radical (unpaired) electrons. The Bertz CT molecular complexity index is 1010. The number of ether oxygens (including phenoxy) is 5. The van der Waals surface area contributed by atoms with Crippen LogP contribution in [0.15, 0.2) is 18.2 Å². The van der Waals surface area contributed by atoms with Gasteiger partial charge in [0.1, 0.15) is 18.2 Å². The van der Waals surface area contributed by atoms with Crippen molar-refractivity contribution in [3.63, 3.8) is 0 Å². The highest BCUT2D eigenvalue weighted by atomic mass is 16.7. The van der Waals surface area contributed by atoms with E-state index >= 15 is 0 Å². The van der Waals surface area contributed by atoms with Crippen molar-refractivity contribution in [1.82, 2.24) is 0 Å². The largest absolute Gasteiger partial charge is 0.508 e. The summed E-state index contributed by atoms with van der Waals surface area (Å²) in [5, 5.41) is 0. The van der Waals surface area contributed by atoms with E-state index in [0.717, 1.165) is 6.42 Å². The summed E-state index contributed by atoms with van der Waals surface area (Å²) in [6.45, 7) is 17.6. The van der Waals surface area contributed by atoms with Gasteiger partial charge in [-0.1, -0.05) is 26.3 Å². The van der Waals surface area contributed by atoms with E-state index in [1.165, 1.54) is 12.1 Å². The molecule has 0 heterocycles. The van der Waals surface area contributed by atoms with Gasteiger partial charge in [0.05, 0.1) is 17.4 Å². The Morgan fingerprint density at radius 1 is 0.821 bits per heavy atom. The number of hydrogen-bond acceptors (Lipinski definition) is 10. The molecule has 0 saturated carbocycles. The molecule has 10 heteroatoms. The maximum atomic E-state index is 12.6. The third kappa shape index (κ3) is 11.6. The lowest BCUT2D eigenvalue weighted by atomic mass is 9.97. The zero-order valence-electron chi connectivity index (χ0n) is 24.9. The lowest BCUT2D eigenvalue weighted by Gasteiger charge is -2.23. The van der Waals surface area contributed by atoms with Crippen LogP contribution in [0, 0.1) is 16.7 Å². The van der Waals surface area contributed by atoms with Gasteiger partial charge in [-0.25, -0.2) is 4.79 Å². The highest BCUT2D eigenvalue weighted by Gasteiger charge is 2.29. The van der Waals surface area contributed by atoms with Crippen LogP contribution in [-0.2, 0) is 35.0 Å². The fourth-order valence-electron chi connectivity index (χ4n) is 2.66. The normalized spacial score (nSPS) is 14.8. The average Bonchev–Trinajstić information content (AvgIpc) is 2.82. The Balaban J connectivity index is 2.92. The molecule has 0 fully saturated rings. The summed E-state index contributed by atoms with van der Waals surface area (Å²) in [5.74, 6) is -1.41. The van der Waals surface area contributed by atoms with E-state index < -0.39 is 53.1 Å². The number of esters is 3. The van der Waals surface area contributed by atoms with Crippen LogP contribution in [0.3, 0.4) is 0 Å². The van der Waals surface area contributed by atoms with Crippen molar-refractivity contribution in [1.29, 1.82) is 0 Å². The average molecular weight is 552 g/mol. The summed E-state index contributed by atoms with van der Waals surface area (Å²) >= 11 is 0. The van der Waals surface area contributed by atoms with Gasteiger partial charge in [-0.2, -0.15) is 0 Å². The van der Waals surface area contributed by atoms with Gasteiger partial charge in [-0.05, 0) is 85.4 Å². The van der Waals surface area contributed by atoms with Gasteiger partial charge in [-0.3, -0.25) is 14.4 Å². The second-order valence-corrected chi connectivity index (χ2v) is 11.9. The number of rotatable bonds is 11. The van der Waals surface area contributed by atoms with E-state index in [1.807, 2.05) is 13.8 Å². The minimum absolute atomic E-state index is 0.0388. The number of carbonyl (C=O) groups is 4. The first-order valence-electron chi connectivity index (χ1n) is 13.2. The molecule has 1 rings (SSSR count). The van der Waals surface area contributed by atoms with Crippen LogP contribution in [0.25, 0.3) is 0 Å². The van der Waals surface area contributed by atoms with Crippen LogP contribution in [0.4, 0.5) is 4.79 Å². The van der Waals surface area contributed by atoms with Crippen molar-refractivity contribution >= 4 is 24.1 Å². The molecule has 0 spiro atoms. The van der Waals surface area contributed by atoms with Gasteiger partial charge in [0.2, 0.25) is 0 Å². The number of benzene rings is 1. The second kappa shape index (κ2) is 14.3. The summed E-state index contributed by atoms with van der Waals surface area (Å²) in [6, 6.07) is 3.55. The molecule has 1 aromatic rings. The van der Waals surface area contributed by atoms with Crippen molar-refractivity contribution in [3.05, 3.63) is 23.8 Å². The maximum absolute atomic E-state index is 12.6. The van der Waals surface area contributed by atoms with E-state index in [-0.39, 0.29) is 30.4 Å². The second-order valence-electron chi connectivity index (χ2n) is 11.9. The molecule has 4 atom stereocenters. The monoisotopic (exact) mass is 551 g/mol. The summed E-state index contributed by atoms with van der Waals surface area (Å²) in [6.07, 6.45) is -1.46. The quantitative estimate of drug-likeness (QED) is 0.296. The Hall–Kier alpha value is -3.14. The Kier molecular flexibility index (Phi) is 12.4. The van der Waals surface area contributed by atoms with Crippen LogP contribution in [-0.4, -0.2) is 48.9 Å². The van der Waals surface area contributed by atoms with Gasteiger partial charge < -0.3 is 29.4 Å². The molecule has 0 aliphatic rings. The molecule has 0 amide bonds. The number of carbonyl (C=O) groups excluding carboxylic acids is 4. The van der Waals surface area contributed by atoms with Crippen LogP contribution in [0.5, 0.6) is 11.5 Å². The number of nitrogens with two attached hydrogens (primary N) is 1. The predicted molar refractivity (Wildman–Crippen MR) is 145 cm³/mol. The highest BCUT2D eigenvalue weighted by Crippen LogP contribution is 2.33. The van der Waals surface area contributed by atoms with Crippen molar-refractivity contribution < 1.29 is 42.9 Å². The molecule has 0 aliphatic carbocycles. The molecule has 10 nitrogen and oxygen atoms in total. The summed E-state index contributed by atoms with van der Waals surface area (Å²) < 4.78 is 26.7. The topological polar surface area (TPSA) is 140 Å². The fraction of sp³-hybridized carbons (Fsp3) is 0.655. The first-order chi connectivity index (χ1) is 17.8. The molecule has 220 valence electrons. The lowest BCUT2D eigenvalue weighted by molar-refractivity contribution is -0.155. The minimum Gasteiger partial charge on any atom is -0.458 e. The molecule has 0 saturated heterocycles. The van der Waals surface area contributed by atoms with Crippen LogP contribution >= 0.6 is 0 Å². The first kappa shape index (κ1) is 33.9. The standard InChI is InChI=1S/C29H45NO9/c1-11-17(2)16-35-27(34)37-19(4)18(3)36-24(31)21(30)14-20-12-13-22(38-25(32)28(5,6)7)23(15-20)39-26(33)29(8,9)10/h12-13,15,17-19,21H,11,14,16,30H2,1-10H3/t17?,18-,19-,21-/m0/s1. The maximum Gasteiger partial charge on any atom is 0.508 e. The zero-order chi connectivity index (χ0) is 30.1. The van der Waals surface area contributed by atoms with E-state index in [4.69, 9.17) is 29.4 Å². The lowest BCUT2D eigenvalue weighted by Crippen LogP contribution is -2.39. The van der Waals surface area contributed by atoms with E-state index in [9.17, 15) is 19.2 Å². The number of hydrogen-bond donors (Lipinski definition) is 1. The molecular formula is C29H45NO9. The molecule has 39 heavy (non-hydrogen) atoms. The summed E-state index contributed by atoms with van der Waals surface area (Å²) in [7, 11) is 0. The fourth-order valence-corrected chi connectivity index (χ4v) is 2.66. The zero-order valence-corrected chi connectivity index (χ0v) is 24.9. The third-order valence-corrected chi connectivity index (χ3v) is 5.82. The summed E-state index contributed by atoms with van der Waals surface area (Å²) in [4.78, 5) is 49.5. The molecule has 0 bridgehead atoms. The Labute approximate surface area is 231 Å². The SMILES string of the molecule is CCC(C)COC(=O)O[C@@H](C)[C@H](C)OC(=O)[C@@H](N)Cc1ccc(OC(=O)C(C)(C)C)c(OC(=O)C(C)(C)C)c1. The molecule has 1 unspecified atom stereocenters. The smallest absolute Gasteiger partial charge is 0.458 e. The van der Waals surface area contributed by atoms with Crippen LogP contribution in [0.2, 0.25) is 0 Å². The van der Waals surface area contributed by atoms with E-state index in [2.05, 4.69) is 0 Å². The first-order valence-corrected chi connectivity index (χ1v) is 13.2. The van der Waals surface area contributed by atoms with Gasteiger partial charge >= 0.3 is 24.1 Å². The molecular weight excluding hydrogens is 506 g/mol. The highest BCUT2D eigenvalue weighted by molar-refractivity contribution is 5.81. The van der Waals surface area contributed by atoms with Gasteiger partial charge in [0, 0.05) is 0 Å². The van der Waals surface area contributed by atoms with Crippen molar-refractivity contribution in [2.45, 2.75) is 100 Å². The van der Waals surface area contributed by atoms with Gasteiger partial charge in [0.25, 0.3) is 0 Å². The van der Waals surface area contributed by atoms with Crippen LogP contribution < -0.4 is 15.2 Å². The Morgan fingerprint density at radius 2 is 1.33 bits per heavy atom.